The molecule has 17 heavy (non-hydrogen) atoms. The molecule has 1 aromatic carbocycles. The Hall–Kier alpha value is -1.57. The number of carbonyl (C=O) groups is 1. The van der Waals surface area contributed by atoms with Crippen LogP contribution in [-0.4, -0.2) is 12.6 Å². The summed E-state index contributed by atoms with van der Waals surface area (Å²) in [4.78, 5) is 11.6. The molecule has 1 aromatic rings. The molecule has 0 atom stereocenters. The van der Waals surface area contributed by atoms with Crippen LogP contribution in [0.1, 0.15) is 37.3 Å². The molecule has 0 spiro atoms. The maximum absolute atomic E-state index is 11.6. The van der Waals surface area contributed by atoms with E-state index in [-0.39, 0.29) is 5.97 Å². The normalized spacial score (nSPS) is 14.5. The molecular weight excluding hydrogens is 212 g/mol. The number of fused-ring (bicyclic) bond motifs is 1. The highest BCUT2D eigenvalue weighted by molar-refractivity contribution is 5.86. The third-order valence-corrected chi connectivity index (χ3v) is 3.04. The summed E-state index contributed by atoms with van der Waals surface area (Å²) >= 11 is 0. The Morgan fingerprint density at radius 1 is 1.35 bits per heavy atom. The van der Waals surface area contributed by atoms with Gasteiger partial charge in [-0.25, -0.2) is 0 Å². The quantitative estimate of drug-likeness (QED) is 0.744. The Labute approximate surface area is 102 Å². The standard InChI is InChI=1S/C15H18O2/c1-2-17-15(16)11-13-9-4-3-7-12-8-5-6-10-14(12)13/h5-6,8-10H,2-4,7,11H2,1H3. The first-order valence-electron chi connectivity index (χ1n) is 6.24. The molecule has 0 amide bonds. The molecule has 1 aliphatic carbocycles. The lowest BCUT2D eigenvalue weighted by atomic mass is 9.97. The number of esters is 1. The fourth-order valence-electron chi connectivity index (χ4n) is 2.27. The average molecular weight is 230 g/mol. The molecule has 1 aliphatic rings. The van der Waals surface area contributed by atoms with Crippen molar-refractivity contribution in [2.45, 2.75) is 32.6 Å². The molecular formula is C15H18O2. The predicted molar refractivity (Wildman–Crippen MR) is 68.6 cm³/mol. The Balaban J connectivity index is 2.22. The molecule has 0 N–H and O–H groups in total. The summed E-state index contributed by atoms with van der Waals surface area (Å²) in [5, 5.41) is 0. The third-order valence-electron chi connectivity index (χ3n) is 3.04. The van der Waals surface area contributed by atoms with Gasteiger partial charge in [-0.3, -0.25) is 4.79 Å². The van der Waals surface area contributed by atoms with Crippen molar-refractivity contribution in [3.8, 4) is 0 Å². The number of hydrogen-bond donors (Lipinski definition) is 0. The number of ether oxygens (including phenoxy) is 1. The van der Waals surface area contributed by atoms with Gasteiger partial charge in [0.05, 0.1) is 13.0 Å². The van der Waals surface area contributed by atoms with E-state index in [1.54, 1.807) is 0 Å². The molecule has 0 fully saturated rings. The van der Waals surface area contributed by atoms with Crippen molar-refractivity contribution < 1.29 is 9.53 Å². The van der Waals surface area contributed by atoms with Gasteiger partial charge in [-0.15, -0.1) is 0 Å². The molecule has 90 valence electrons. The van der Waals surface area contributed by atoms with Gasteiger partial charge in [-0.1, -0.05) is 30.3 Å². The number of benzene rings is 1. The monoisotopic (exact) mass is 230 g/mol. The lowest BCUT2D eigenvalue weighted by molar-refractivity contribution is -0.141. The zero-order valence-electron chi connectivity index (χ0n) is 10.2. The summed E-state index contributed by atoms with van der Waals surface area (Å²) in [6.07, 6.45) is 5.87. The zero-order valence-corrected chi connectivity index (χ0v) is 10.2. The maximum Gasteiger partial charge on any atom is 0.310 e. The van der Waals surface area contributed by atoms with Crippen molar-refractivity contribution >= 4 is 11.5 Å². The Kier molecular flexibility index (Phi) is 3.97. The highest BCUT2D eigenvalue weighted by atomic mass is 16.5. The second kappa shape index (κ2) is 5.67. The van der Waals surface area contributed by atoms with Crippen molar-refractivity contribution in [1.29, 1.82) is 0 Å². The second-order valence-electron chi connectivity index (χ2n) is 4.26. The van der Waals surface area contributed by atoms with Gasteiger partial charge >= 0.3 is 5.97 Å². The highest BCUT2D eigenvalue weighted by Crippen LogP contribution is 2.27. The minimum atomic E-state index is -0.129. The summed E-state index contributed by atoms with van der Waals surface area (Å²) in [7, 11) is 0. The Bertz CT molecular complexity index is 432. The van der Waals surface area contributed by atoms with E-state index in [1.807, 2.05) is 13.0 Å². The Morgan fingerprint density at radius 3 is 3.00 bits per heavy atom. The second-order valence-corrected chi connectivity index (χ2v) is 4.26. The Morgan fingerprint density at radius 2 is 2.18 bits per heavy atom. The lowest BCUT2D eigenvalue weighted by Crippen LogP contribution is -2.05. The lowest BCUT2D eigenvalue weighted by Gasteiger charge is -2.10. The number of allylic oxidation sites excluding steroid dienone is 1. The van der Waals surface area contributed by atoms with Gasteiger partial charge < -0.3 is 4.74 Å². The molecule has 2 rings (SSSR count). The summed E-state index contributed by atoms with van der Waals surface area (Å²) in [5.41, 5.74) is 3.69. The fraction of sp³-hybridized carbons (Fsp3) is 0.400. The molecule has 0 bridgehead atoms. The number of rotatable bonds is 3. The van der Waals surface area contributed by atoms with Gasteiger partial charge in [0.15, 0.2) is 0 Å². The number of carbonyl (C=O) groups excluding carboxylic acids is 1. The van der Waals surface area contributed by atoms with Crippen LogP contribution in [0.4, 0.5) is 0 Å². The number of hydrogen-bond acceptors (Lipinski definition) is 2. The van der Waals surface area contributed by atoms with Crippen LogP contribution >= 0.6 is 0 Å². The van der Waals surface area contributed by atoms with Crippen LogP contribution in [0.2, 0.25) is 0 Å². The smallest absolute Gasteiger partial charge is 0.310 e. The van der Waals surface area contributed by atoms with E-state index in [2.05, 4.69) is 24.3 Å². The van der Waals surface area contributed by atoms with E-state index in [0.717, 1.165) is 24.8 Å². The van der Waals surface area contributed by atoms with E-state index < -0.39 is 0 Å². The number of aryl methyl sites for hydroxylation is 1. The van der Waals surface area contributed by atoms with E-state index in [4.69, 9.17) is 4.74 Å². The summed E-state index contributed by atoms with van der Waals surface area (Å²) in [6.45, 7) is 2.29. The molecule has 2 nitrogen and oxygen atoms in total. The molecule has 0 saturated carbocycles. The van der Waals surface area contributed by atoms with Crippen LogP contribution < -0.4 is 0 Å². The van der Waals surface area contributed by atoms with E-state index in [0.29, 0.717) is 13.0 Å². The van der Waals surface area contributed by atoms with Gasteiger partial charge in [-0.05, 0) is 42.9 Å². The topological polar surface area (TPSA) is 26.3 Å². The average Bonchev–Trinajstić information content (AvgIpc) is 2.53. The molecule has 0 unspecified atom stereocenters. The highest BCUT2D eigenvalue weighted by Gasteiger charge is 2.14. The van der Waals surface area contributed by atoms with Gasteiger partial charge in [-0.2, -0.15) is 0 Å². The molecule has 0 heterocycles. The van der Waals surface area contributed by atoms with Gasteiger partial charge in [0, 0.05) is 0 Å². The summed E-state index contributed by atoms with van der Waals surface area (Å²) in [6, 6.07) is 8.35. The van der Waals surface area contributed by atoms with Crippen LogP contribution in [0.3, 0.4) is 0 Å². The van der Waals surface area contributed by atoms with Crippen LogP contribution in [-0.2, 0) is 16.0 Å². The summed E-state index contributed by atoms with van der Waals surface area (Å²) in [5.74, 6) is -0.129. The molecule has 0 aliphatic heterocycles. The first-order chi connectivity index (χ1) is 8.31. The van der Waals surface area contributed by atoms with Crippen LogP contribution in [0.15, 0.2) is 30.3 Å². The zero-order chi connectivity index (χ0) is 12.1. The molecule has 2 heteroatoms. The third kappa shape index (κ3) is 2.96. The van der Waals surface area contributed by atoms with Gasteiger partial charge in [0.25, 0.3) is 0 Å². The largest absolute Gasteiger partial charge is 0.466 e. The van der Waals surface area contributed by atoms with E-state index >= 15 is 0 Å². The van der Waals surface area contributed by atoms with E-state index in [1.165, 1.54) is 11.1 Å². The van der Waals surface area contributed by atoms with Crippen molar-refractivity contribution in [2.24, 2.45) is 0 Å². The predicted octanol–water partition coefficient (Wildman–Crippen LogP) is 3.36. The van der Waals surface area contributed by atoms with Gasteiger partial charge in [0.1, 0.15) is 0 Å². The molecule has 0 aromatic heterocycles. The minimum Gasteiger partial charge on any atom is -0.466 e. The van der Waals surface area contributed by atoms with Crippen molar-refractivity contribution in [3.05, 3.63) is 41.5 Å². The summed E-state index contributed by atoms with van der Waals surface area (Å²) < 4.78 is 5.02. The van der Waals surface area contributed by atoms with Crippen molar-refractivity contribution in [2.75, 3.05) is 6.61 Å². The van der Waals surface area contributed by atoms with E-state index in [9.17, 15) is 4.79 Å². The van der Waals surface area contributed by atoms with Crippen molar-refractivity contribution in [1.82, 2.24) is 0 Å². The fourth-order valence-corrected chi connectivity index (χ4v) is 2.27. The molecule has 0 radical (unpaired) electrons. The van der Waals surface area contributed by atoms with Gasteiger partial charge in [0.2, 0.25) is 0 Å². The minimum absolute atomic E-state index is 0.129. The van der Waals surface area contributed by atoms with Crippen LogP contribution in [0.5, 0.6) is 0 Å². The SMILES string of the molecule is CCOC(=O)CC1=CCCCc2ccccc21. The van der Waals surface area contributed by atoms with Crippen molar-refractivity contribution in [3.63, 3.8) is 0 Å². The van der Waals surface area contributed by atoms with Crippen LogP contribution in [0.25, 0.3) is 5.57 Å². The molecule has 0 saturated heterocycles. The van der Waals surface area contributed by atoms with Crippen LogP contribution in [0, 0.1) is 0 Å². The first kappa shape index (κ1) is 11.9. The maximum atomic E-state index is 11.6. The first-order valence-corrected chi connectivity index (χ1v) is 6.24.